The van der Waals surface area contributed by atoms with Gasteiger partial charge >= 0.3 is 0 Å². The molecule has 0 aromatic heterocycles. The van der Waals surface area contributed by atoms with Crippen molar-refractivity contribution in [3.8, 4) is 0 Å². The molecule has 1 heterocycles. The first-order valence-corrected chi connectivity index (χ1v) is 20.6. The highest BCUT2D eigenvalue weighted by atomic mass is 32.2. The number of aryl methyl sites for hydroxylation is 1. The number of nitrogens with zero attached hydrogens (tertiary/aromatic N) is 2. The molecule has 50 heavy (non-hydrogen) atoms. The lowest BCUT2D eigenvalue weighted by atomic mass is 9.80. The summed E-state index contributed by atoms with van der Waals surface area (Å²) in [7, 11) is 0.0394. The number of carbonyl (C=O) groups excluding carboxylic acids is 1. The molecule has 2 aromatic carbocycles. The van der Waals surface area contributed by atoms with Crippen LogP contribution in [-0.4, -0.2) is 59.2 Å². The number of nitrogens with two attached hydrogens (primary N) is 1. The number of hydrogen-bond donors (Lipinski definition) is 3. The van der Waals surface area contributed by atoms with Crippen molar-refractivity contribution in [2.75, 3.05) is 30.9 Å². The summed E-state index contributed by atoms with van der Waals surface area (Å²) in [5, 5.41) is 17.4. The van der Waals surface area contributed by atoms with Crippen molar-refractivity contribution in [1.82, 2.24) is 4.90 Å². The van der Waals surface area contributed by atoms with Crippen LogP contribution in [0.2, 0.25) is 0 Å². The van der Waals surface area contributed by atoms with Crippen LogP contribution in [0.1, 0.15) is 110 Å². The van der Waals surface area contributed by atoms with E-state index in [1.165, 1.54) is 21.7 Å². The lowest BCUT2D eigenvalue weighted by Gasteiger charge is -2.34. The number of carbonyl (C=O) groups is 1. The zero-order chi connectivity index (χ0) is 38.5. The molecule has 284 valence electrons. The molecule has 1 aliphatic rings. The quantitative estimate of drug-likeness (QED) is 0.0829. The van der Waals surface area contributed by atoms with E-state index >= 15 is 0 Å². The van der Waals surface area contributed by atoms with Gasteiger partial charge in [-0.25, -0.2) is 0 Å². The average molecular weight is 713 g/mol. The molecule has 1 fully saturated rings. The number of nitrogens with one attached hydrogen (secondary N) is 1. The molecule has 0 bridgehead atoms. The lowest BCUT2D eigenvalue weighted by molar-refractivity contribution is -0.119. The minimum atomic E-state index is -0.708. The lowest BCUT2D eigenvalue weighted by Crippen LogP contribution is -2.40. The van der Waals surface area contributed by atoms with E-state index in [1.54, 1.807) is 13.0 Å². The van der Waals surface area contributed by atoms with Gasteiger partial charge in [-0.15, -0.1) is 0 Å². The predicted molar refractivity (Wildman–Crippen MR) is 224 cm³/mol. The van der Waals surface area contributed by atoms with Crippen molar-refractivity contribution in [2.45, 2.75) is 119 Å². The largest absolute Gasteiger partial charge is 0.390 e. The van der Waals surface area contributed by atoms with E-state index in [4.69, 9.17) is 5.73 Å². The number of aliphatic hydroxyl groups excluding tert-OH is 1. The molecule has 0 radical (unpaired) electrons. The third-order valence-corrected chi connectivity index (χ3v) is 9.69. The maximum Gasteiger partial charge on any atom is 0.209 e. The zero-order valence-electron chi connectivity index (χ0n) is 33.3. The summed E-state index contributed by atoms with van der Waals surface area (Å²) in [5.41, 5.74) is 10.5. The minimum absolute atomic E-state index is 0.0323. The van der Waals surface area contributed by atoms with E-state index in [0.29, 0.717) is 12.5 Å². The molecule has 4 unspecified atom stereocenters. The van der Waals surface area contributed by atoms with Crippen molar-refractivity contribution in [1.29, 1.82) is 0 Å². The van der Waals surface area contributed by atoms with Crippen molar-refractivity contribution in [3.05, 3.63) is 94.9 Å². The number of piperidine rings is 1. The van der Waals surface area contributed by atoms with Crippen LogP contribution in [0, 0.1) is 23.7 Å². The standard InChI is InChI=1S/C20H34N2O2S.C13H18N2O.C5H8.2C2H6/c1-7-10-18(19(23)15(4)22-24)17(8-2)20(25(5)6)21-16-12-9-11-14(3)13-16;14-9-11-2-1-3-13(8-11)12-4-6-15(10-16)7-5-12;1-3-5-4-2;2*1-2/h9,11-13,15,17-19,21,23H,7-8,10H2,1-6H3;1-3,8,10,12H,4-7,9,14H2;3-5H,1H2,2H3;2*1-2H3/b;;5-4-;;. The Bertz CT molecular complexity index is 1240. The molecule has 3 rings (SSSR count). The normalized spacial score (nSPS) is 14.8. The molecule has 0 aliphatic carbocycles. The van der Waals surface area contributed by atoms with E-state index < -0.39 is 12.1 Å². The molecule has 8 heteroatoms. The van der Waals surface area contributed by atoms with E-state index in [1.807, 2.05) is 51.7 Å². The van der Waals surface area contributed by atoms with Crippen LogP contribution in [0.4, 0.5) is 5.69 Å². The number of rotatable bonds is 13. The highest BCUT2D eigenvalue weighted by molar-refractivity contribution is 8.14. The molecule has 1 amide bonds. The van der Waals surface area contributed by atoms with Gasteiger partial charge in [-0.05, 0) is 99.6 Å². The van der Waals surface area contributed by atoms with Gasteiger partial charge in [0.25, 0.3) is 0 Å². The smallest absolute Gasteiger partial charge is 0.209 e. The van der Waals surface area contributed by atoms with Gasteiger partial charge < -0.3 is 21.1 Å². The number of anilines is 1. The fraction of sp³-hybridized carbons (Fsp3) is 0.571. The van der Waals surface area contributed by atoms with Crippen LogP contribution in [0.15, 0.2) is 78.5 Å². The monoisotopic (exact) mass is 713 g/mol. The molecule has 1 aliphatic heterocycles. The Morgan fingerprint density at radius 2 is 1.72 bits per heavy atom. The van der Waals surface area contributed by atoms with E-state index in [9.17, 15) is 14.8 Å². The van der Waals surface area contributed by atoms with Crippen LogP contribution >= 0.6 is 10.5 Å². The summed E-state index contributed by atoms with van der Waals surface area (Å²) in [5.74, 6) is 0.825. The Hall–Kier alpha value is -3.07. The Morgan fingerprint density at radius 1 is 1.10 bits per heavy atom. The van der Waals surface area contributed by atoms with E-state index in [0.717, 1.165) is 57.3 Å². The second-order valence-corrected chi connectivity index (χ2v) is 14.2. The fourth-order valence-electron chi connectivity index (χ4n) is 5.86. The van der Waals surface area contributed by atoms with Crippen LogP contribution in [0.3, 0.4) is 0 Å². The van der Waals surface area contributed by atoms with Gasteiger partial charge in [0.2, 0.25) is 6.41 Å². The molecule has 1 saturated heterocycles. The van der Waals surface area contributed by atoms with E-state index in [2.05, 4.69) is 98.9 Å². The summed E-state index contributed by atoms with van der Waals surface area (Å²) < 4.78 is 0. The third-order valence-electron chi connectivity index (χ3n) is 8.41. The van der Waals surface area contributed by atoms with Crippen LogP contribution < -0.4 is 11.1 Å². The summed E-state index contributed by atoms with van der Waals surface area (Å²) >= 11 is 0. The number of aliphatic hydroxyl groups is 1. The van der Waals surface area contributed by atoms with Crippen molar-refractivity contribution >= 4 is 27.6 Å². The molecule has 4 N–H and O–H groups in total. The summed E-state index contributed by atoms with van der Waals surface area (Å²) in [6.07, 6.45) is 15.1. The van der Waals surface area contributed by atoms with Crippen LogP contribution in [0.25, 0.3) is 0 Å². The molecular formula is C42H72N4O3S. The number of likely N-dealkylation sites (tertiary alicyclic amines) is 1. The molecular weight excluding hydrogens is 641 g/mol. The van der Waals surface area contributed by atoms with Gasteiger partial charge in [0.05, 0.1) is 6.10 Å². The highest BCUT2D eigenvalue weighted by Crippen LogP contribution is 2.32. The van der Waals surface area contributed by atoms with Crippen molar-refractivity contribution < 1.29 is 9.90 Å². The minimum Gasteiger partial charge on any atom is -0.390 e. The van der Waals surface area contributed by atoms with Gasteiger partial charge in [0, 0.05) is 36.2 Å². The molecule has 0 spiro atoms. The SMILES string of the molecule is C=C/C=C\C.CC.CC.CCCC(C(CC)C(Nc1cccc(C)c1)=S(C)C)C(O)C(C)N=O.NCc1cccc(C2CCN(C=O)CC2)c1. The van der Waals surface area contributed by atoms with Crippen molar-refractivity contribution in [2.24, 2.45) is 22.7 Å². The summed E-state index contributed by atoms with van der Waals surface area (Å²) in [6.45, 7) is 23.8. The van der Waals surface area contributed by atoms with Crippen LogP contribution in [0.5, 0.6) is 0 Å². The first-order valence-electron chi connectivity index (χ1n) is 18.6. The van der Waals surface area contributed by atoms with Crippen molar-refractivity contribution in [3.63, 3.8) is 0 Å². The number of hydrogen-bond acceptors (Lipinski definition) is 5. The maximum absolute atomic E-state index is 11.0. The van der Waals surface area contributed by atoms with Gasteiger partial charge in [-0.3, -0.25) is 4.79 Å². The van der Waals surface area contributed by atoms with Gasteiger partial charge in [0.15, 0.2) is 0 Å². The Morgan fingerprint density at radius 3 is 2.16 bits per heavy atom. The number of allylic oxidation sites excluding steroid dienone is 3. The van der Waals surface area contributed by atoms with Crippen LogP contribution in [-0.2, 0) is 11.3 Å². The number of amides is 1. The first-order chi connectivity index (χ1) is 24.1. The number of nitroso groups, excluding NO2 is 1. The predicted octanol–water partition coefficient (Wildman–Crippen LogP) is 10.3. The highest BCUT2D eigenvalue weighted by Gasteiger charge is 2.33. The summed E-state index contributed by atoms with van der Waals surface area (Å²) in [4.78, 5) is 24.7. The summed E-state index contributed by atoms with van der Waals surface area (Å²) in [6, 6.07) is 16.3. The van der Waals surface area contributed by atoms with E-state index in [-0.39, 0.29) is 22.3 Å². The first kappa shape index (κ1) is 49.0. The second-order valence-electron chi connectivity index (χ2n) is 12.1. The van der Waals surface area contributed by atoms with Gasteiger partial charge in [-0.2, -0.15) is 15.4 Å². The molecule has 4 atom stereocenters. The molecule has 7 nitrogen and oxygen atoms in total. The topological polar surface area (TPSA) is 108 Å². The third kappa shape index (κ3) is 18.8. The molecule has 2 aromatic rings. The molecule has 0 saturated carbocycles. The zero-order valence-corrected chi connectivity index (χ0v) is 34.1. The Balaban J connectivity index is 0. The Kier molecular flexibility index (Phi) is 30.1. The second kappa shape index (κ2) is 30.7. The maximum atomic E-state index is 11.0. The number of benzene rings is 2. The fourth-order valence-corrected chi connectivity index (χ4v) is 7.13. The van der Waals surface area contributed by atoms with Gasteiger partial charge in [-0.1, -0.05) is 114 Å². The average Bonchev–Trinajstić information content (AvgIpc) is 3.16. The Labute approximate surface area is 309 Å². The van der Waals surface area contributed by atoms with Gasteiger partial charge in [0.1, 0.15) is 6.04 Å².